The van der Waals surface area contributed by atoms with Crippen LogP contribution in [0.4, 0.5) is 5.95 Å². The SMILES string of the molecule is N#CC(c1cccc(Br)n1)c1ccnc(NC2CCCC2)n1. The van der Waals surface area contributed by atoms with Crippen molar-refractivity contribution in [1.29, 1.82) is 5.26 Å². The Labute approximate surface area is 138 Å². The third kappa shape index (κ3) is 3.42. The van der Waals surface area contributed by atoms with Gasteiger partial charge in [0.2, 0.25) is 5.95 Å². The summed E-state index contributed by atoms with van der Waals surface area (Å²) in [5.41, 5.74) is 1.35. The maximum atomic E-state index is 9.51. The molecule has 1 N–H and O–H groups in total. The Balaban J connectivity index is 1.84. The number of nitrogens with zero attached hydrogens (tertiary/aromatic N) is 4. The van der Waals surface area contributed by atoms with E-state index < -0.39 is 5.92 Å². The predicted octanol–water partition coefficient (Wildman–Crippen LogP) is 3.64. The summed E-state index contributed by atoms with van der Waals surface area (Å²) in [6, 6.07) is 10.0. The van der Waals surface area contributed by atoms with Gasteiger partial charge in [-0.25, -0.2) is 15.0 Å². The molecule has 1 saturated carbocycles. The number of aromatic nitrogens is 3. The van der Waals surface area contributed by atoms with E-state index >= 15 is 0 Å². The van der Waals surface area contributed by atoms with Crippen molar-refractivity contribution in [3.63, 3.8) is 0 Å². The first-order valence-electron chi connectivity index (χ1n) is 7.38. The summed E-state index contributed by atoms with van der Waals surface area (Å²) in [7, 11) is 0. The lowest BCUT2D eigenvalue weighted by Gasteiger charge is -2.13. The van der Waals surface area contributed by atoms with Gasteiger partial charge in [-0.2, -0.15) is 5.26 Å². The second-order valence-corrected chi connectivity index (χ2v) is 6.19. The van der Waals surface area contributed by atoms with Crippen LogP contribution in [0.25, 0.3) is 0 Å². The van der Waals surface area contributed by atoms with Crippen molar-refractivity contribution in [2.75, 3.05) is 5.32 Å². The van der Waals surface area contributed by atoms with Crippen LogP contribution >= 0.6 is 15.9 Å². The third-order valence-electron chi connectivity index (χ3n) is 3.82. The molecule has 0 saturated heterocycles. The second-order valence-electron chi connectivity index (χ2n) is 5.38. The van der Waals surface area contributed by atoms with E-state index in [9.17, 15) is 5.26 Å². The zero-order valence-electron chi connectivity index (χ0n) is 12.0. The average molecular weight is 358 g/mol. The number of rotatable bonds is 4. The molecule has 1 aliphatic rings. The molecule has 3 rings (SSSR count). The van der Waals surface area contributed by atoms with Gasteiger partial charge in [-0.1, -0.05) is 18.9 Å². The van der Waals surface area contributed by atoms with Crippen LogP contribution in [0.1, 0.15) is 43.0 Å². The highest BCUT2D eigenvalue weighted by Crippen LogP contribution is 2.24. The van der Waals surface area contributed by atoms with Gasteiger partial charge in [0.1, 0.15) is 10.5 Å². The van der Waals surface area contributed by atoms with Gasteiger partial charge < -0.3 is 5.32 Å². The van der Waals surface area contributed by atoms with E-state index in [2.05, 4.69) is 42.3 Å². The monoisotopic (exact) mass is 357 g/mol. The van der Waals surface area contributed by atoms with Gasteiger partial charge in [-0.3, -0.25) is 0 Å². The molecule has 0 aliphatic heterocycles. The Bertz CT molecular complexity index is 691. The molecule has 2 aromatic rings. The van der Waals surface area contributed by atoms with Gasteiger partial charge in [-0.05, 0) is 47.0 Å². The van der Waals surface area contributed by atoms with E-state index in [1.807, 2.05) is 18.2 Å². The summed E-state index contributed by atoms with van der Waals surface area (Å²) in [6.07, 6.45) is 6.51. The van der Waals surface area contributed by atoms with Crippen molar-refractivity contribution < 1.29 is 0 Å². The van der Waals surface area contributed by atoms with E-state index in [1.165, 1.54) is 12.8 Å². The lowest BCUT2D eigenvalue weighted by molar-refractivity contribution is 0.740. The van der Waals surface area contributed by atoms with Crippen molar-refractivity contribution >= 4 is 21.9 Å². The predicted molar refractivity (Wildman–Crippen MR) is 87.3 cm³/mol. The topological polar surface area (TPSA) is 74.5 Å². The molecule has 112 valence electrons. The normalized spacial score (nSPS) is 16.2. The number of pyridine rings is 1. The van der Waals surface area contributed by atoms with Crippen LogP contribution in [0.5, 0.6) is 0 Å². The van der Waals surface area contributed by atoms with Gasteiger partial charge in [0.05, 0.1) is 17.5 Å². The molecule has 0 radical (unpaired) electrons. The number of nitriles is 1. The number of nitrogens with one attached hydrogen (secondary N) is 1. The molecule has 0 bridgehead atoms. The van der Waals surface area contributed by atoms with Crippen LogP contribution in [-0.4, -0.2) is 21.0 Å². The molecule has 2 aromatic heterocycles. The van der Waals surface area contributed by atoms with Gasteiger partial charge in [0.25, 0.3) is 0 Å². The molecule has 0 aromatic carbocycles. The number of anilines is 1. The first kappa shape index (κ1) is 14.9. The molecule has 2 heterocycles. The lowest BCUT2D eigenvalue weighted by Crippen LogP contribution is -2.17. The summed E-state index contributed by atoms with van der Waals surface area (Å²) >= 11 is 3.34. The fourth-order valence-corrected chi connectivity index (χ4v) is 3.08. The summed E-state index contributed by atoms with van der Waals surface area (Å²) < 4.78 is 0.712. The molecule has 0 spiro atoms. The van der Waals surface area contributed by atoms with Crippen LogP contribution in [0, 0.1) is 11.3 Å². The molecule has 5 nitrogen and oxygen atoms in total. The Morgan fingerprint density at radius 3 is 2.68 bits per heavy atom. The number of hydrogen-bond acceptors (Lipinski definition) is 5. The minimum atomic E-state index is -0.496. The highest BCUT2D eigenvalue weighted by molar-refractivity contribution is 9.10. The van der Waals surface area contributed by atoms with E-state index in [1.54, 1.807) is 12.3 Å². The molecule has 1 unspecified atom stereocenters. The maximum Gasteiger partial charge on any atom is 0.223 e. The van der Waals surface area contributed by atoms with Gasteiger partial charge in [0, 0.05) is 12.2 Å². The van der Waals surface area contributed by atoms with Crippen molar-refractivity contribution in [3.8, 4) is 6.07 Å². The van der Waals surface area contributed by atoms with Gasteiger partial charge >= 0.3 is 0 Å². The van der Waals surface area contributed by atoms with Crippen LogP contribution in [0.3, 0.4) is 0 Å². The Morgan fingerprint density at radius 2 is 1.95 bits per heavy atom. The molecule has 1 aliphatic carbocycles. The smallest absolute Gasteiger partial charge is 0.223 e. The zero-order valence-corrected chi connectivity index (χ0v) is 13.6. The number of halogens is 1. The molecule has 0 amide bonds. The second kappa shape index (κ2) is 6.84. The van der Waals surface area contributed by atoms with Gasteiger partial charge in [0.15, 0.2) is 0 Å². The highest BCUT2D eigenvalue weighted by Gasteiger charge is 2.19. The third-order valence-corrected chi connectivity index (χ3v) is 4.26. The highest BCUT2D eigenvalue weighted by atomic mass is 79.9. The Kier molecular flexibility index (Phi) is 4.64. The molecular formula is C16H16BrN5. The Hall–Kier alpha value is -2.00. The maximum absolute atomic E-state index is 9.51. The molecule has 1 atom stereocenters. The zero-order chi connectivity index (χ0) is 15.4. The summed E-state index contributed by atoms with van der Waals surface area (Å²) in [5.74, 6) is 0.101. The first-order chi connectivity index (χ1) is 10.8. The molecule has 6 heteroatoms. The molecular weight excluding hydrogens is 342 g/mol. The van der Waals surface area contributed by atoms with Crippen molar-refractivity contribution in [2.45, 2.75) is 37.6 Å². The summed E-state index contributed by atoms with van der Waals surface area (Å²) in [5, 5.41) is 12.9. The molecule has 22 heavy (non-hydrogen) atoms. The minimum absolute atomic E-state index is 0.444. The van der Waals surface area contributed by atoms with E-state index in [0.29, 0.717) is 28.0 Å². The van der Waals surface area contributed by atoms with Crippen LogP contribution < -0.4 is 5.32 Å². The van der Waals surface area contributed by atoms with E-state index in [-0.39, 0.29) is 0 Å². The van der Waals surface area contributed by atoms with Crippen molar-refractivity contribution in [2.24, 2.45) is 0 Å². The van der Waals surface area contributed by atoms with E-state index in [0.717, 1.165) is 12.8 Å². The first-order valence-corrected chi connectivity index (χ1v) is 8.17. The van der Waals surface area contributed by atoms with Crippen LogP contribution in [0.2, 0.25) is 0 Å². The Morgan fingerprint density at radius 1 is 1.18 bits per heavy atom. The van der Waals surface area contributed by atoms with Gasteiger partial charge in [-0.15, -0.1) is 0 Å². The summed E-state index contributed by atoms with van der Waals surface area (Å²) in [4.78, 5) is 13.1. The molecule has 1 fully saturated rings. The fourth-order valence-electron chi connectivity index (χ4n) is 2.72. The standard InChI is InChI=1S/C16H16BrN5/c17-15-7-3-6-13(21-15)12(10-18)14-8-9-19-16(22-14)20-11-4-1-2-5-11/h3,6-9,11-12H,1-2,4-5H2,(H,19,20,22). The van der Waals surface area contributed by atoms with E-state index in [4.69, 9.17) is 0 Å². The largest absolute Gasteiger partial charge is 0.351 e. The summed E-state index contributed by atoms with van der Waals surface area (Å²) in [6.45, 7) is 0. The number of hydrogen-bond donors (Lipinski definition) is 1. The fraction of sp³-hybridized carbons (Fsp3) is 0.375. The lowest BCUT2D eigenvalue weighted by atomic mass is 10.0. The average Bonchev–Trinajstić information content (AvgIpc) is 3.01. The van der Waals surface area contributed by atoms with Crippen LogP contribution in [0.15, 0.2) is 35.1 Å². The van der Waals surface area contributed by atoms with Crippen molar-refractivity contribution in [1.82, 2.24) is 15.0 Å². The quantitative estimate of drug-likeness (QED) is 0.845. The minimum Gasteiger partial charge on any atom is -0.351 e. The van der Waals surface area contributed by atoms with Crippen molar-refractivity contribution in [3.05, 3.63) is 46.5 Å². The van der Waals surface area contributed by atoms with Crippen LogP contribution in [-0.2, 0) is 0 Å².